The second-order valence-electron chi connectivity index (χ2n) is 6.69. The molecule has 1 unspecified atom stereocenters. The molecule has 6 nitrogen and oxygen atoms in total. The Morgan fingerprint density at radius 2 is 1.70 bits per heavy atom. The number of hydrogen-bond donors (Lipinski definition) is 1. The van der Waals surface area contributed by atoms with Gasteiger partial charge in [0.25, 0.3) is 0 Å². The lowest BCUT2D eigenvalue weighted by Gasteiger charge is -2.37. The molecule has 2 rings (SSSR count). The molecule has 2 amide bonds. The quantitative estimate of drug-likeness (QED) is 0.813. The Balaban J connectivity index is 0.00000264. The third-order valence-corrected chi connectivity index (χ3v) is 4.95. The monoisotopic (exact) mass is 346 g/mol. The fraction of sp³-hybridized carbons (Fsp3) is 0.875. The molecule has 1 heterocycles. The van der Waals surface area contributed by atoms with Crippen molar-refractivity contribution < 1.29 is 9.59 Å². The Kier molecular flexibility index (Phi) is 8.29. The van der Waals surface area contributed by atoms with Crippen molar-refractivity contribution in [2.75, 3.05) is 39.8 Å². The van der Waals surface area contributed by atoms with Gasteiger partial charge in [-0.3, -0.25) is 14.5 Å². The summed E-state index contributed by atoms with van der Waals surface area (Å²) in [5, 5.41) is 0. The molecule has 7 heteroatoms. The van der Waals surface area contributed by atoms with Gasteiger partial charge in [0.05, 0.1) is 12.6 Å². The molecule has 0 radical (unpaired) electrons. The Labute approximate surface area is 145 Å². The van der Waals surface area contributed by atoms with Crippen LogP contribution in [0, 0.1) is 0 Å². The van der Waals surface area contributed by atoms with Gasteiger partial charge in [-0.15, -0.1) is 12.4 Å². The van der Waals surface area contributed by atoms with Gasteiger partial charge in [0.15, 0.2) is 0 Å². The van der Waals surface area contributed by atoms with E-state index < -0.39 is 6.04 Å². The summed E-state index contributed by atoms with van der Waals surface area (Å²) in [4.78, 5) is 30.2. The lowest BCUT2D eigenvalue weighted by Crippen LogP contribution is -2.54. The van der Waals surface area contributed by atoms with E-state index in [0.717, 1.165) is 25.9 Å². The van der Waals surface area contributed by atoms with E-state index in [1.54, 1.807) is 11.8 Å². The number of rotatable bonds is 4. The topological polar surface area (TPSA) is 69.9 Å². The van der Waals surface area contributed by atoms with Crippen LogP contribution in [0.25, 0.3) is 0 Å². The smallest absolute Gasteiger partial charge is 0.239 e. The summed E-state index contributed by atoms with van der Waals surface area (Å²) in [6, 6.07) is -0.0205. The van der Waals surface area contributed by atoms with E-state index >= 15 is 0 Å². The van der Waals surface area contributed by atoms with Crippen LogP contribution in [0.15, 0.2) is 0 Å². The van der Waals surface area contributed by atoms with Crippen molar-refractivity contribution >= 4 is 24.2 Å². The maximum atomic E-state index is 12.4. The third kappa shape index (κ3) is 5.62. The van der Waals surface area contributed by atoms with Crippen molar-refractivity contribution in [1.82, 2.24) is 14.7 Å². The molecule has 0 aromatic heterocycles. The van der Waals surface area contributed by atoms with E-state index in [9.17, 15) is 9.59 Å². The normalized spacial score (nSPS) is 21.4. The van der Waals surface area contributed by atoms with Gasteiger partial charge >= 0.3 is 0 Å². The molecule has 23 heavy (non-hydrogen) atoms. The van der Waals surface area contributed by atoms with E-state index in [0.29, 0.717) is 25.7 Å². The summed E-state index contributed by atoms with van der Waals surface area (Å²) in [5.41, 5.74) is 5.64. The molecule has 134 valence electrons. The molecule has 1 aliphatic carbocycles. The predicted octanol–water partition coefficient (Wildman–Crippen LogP) is 0.691. The third-order valence-electron chi connectivity index (χ3n) is 4.95. The van der Waals surface area contributed by atoms with Gasteiger partial charge in [0.1, 0.15) is 0 Å². The Hall–Kier alpha value is -0.850. The maximum absolute atomic E-state index is 12.4. The number of carbonyl (C=O) groups is 2. The van der Waals surface area contributed by atoms with Crippen molar-refractivity contribution in [3.8, 4) is 0 Å². The minimum absolute atomic E-state index is 0. The molecule has 2 fully saturated rings. The standard InChI is InChI=1S/C16H30N4O2.ClH/c1-13(17)16(22)20-10-8-19(9-11-20)12-15(21)18(2)14-6-4-3-5-7-14;/h13-14H,3-12,17H2,1-2H3;1H. The van der Waals surface area contributed by atoms with Gasteiger partial charge in [-0.05, 0) is 19.8 Å². The van der Waals surface area contributed by atoms with Crippen LogP contribution in [-0.2, 0) is 9.59 Å². The maximum Gasteiger partial charge on any atom is 0.239 e. The number of hydrogen-bond acceptors (Lipinski definition) is 4. The summed E-state index contributed by atoms with van der Waals surface area (Å²) < 4.78 is 0. The van der Waals surface area contributed by atoms with Crippen LogP contribution in [0.2, 0.25) is 0 Å². The number of carbonyl (C=O) groups excluding carboxylic acids is 2. The second-order valence-corrected chi connectivity index (χ2v) is 6.69. The lowest BCUT2D eigenvalue weighted by molar-refractivity contribution is -0.136. The van der Waals surface area contributed by atoms with Crippen molar-refractivity contribution in [3.05, 3.63) is 0 Å². The molecule has 0 spiro atoms. The van der Waals surface area contributed by atoms with Gasteiger partial charge in [-0.25, -0.2) is 0 Å². The van der Waals surface area contributed by atoms with Crippen LogP contribution in [0.5, 0.6) is 0 Å². The van der Waals surface area contributed by atoms with Gasteiger partial charge in [0, 0.05) is 39.3 Å². The zero-order valence-corrected chi connectivity index (χ0v) is 15.2. The van der Waals surface area contributed by atoms with Crippen LogP contribution in [0.3, 0.4) is 0 Å². The summed E-state index contributed by atoms with van der Waals surface area (Å²) in [6.45, 7) is 5.03. The Morgan fingerprint density at radius 3 is 2.22 bits per heavy atom. The molecule has 1 saturated carbocycles. The minimum atomic E-state index is -0.439. The number of nitrogens with two attached hydrogens (primary N) is 1. The Morgan fingerprint density at radius 1 is 1.13 bits per heavy atom. The largest absolute Gasteiger partial charge is 0.342 e. The number of halogens is 1. The summed E-state index contributed by atoms with van der Waals surface area (Å²) >= 11 is 0. The average Bonchev–Trinajstić information content (AvgIpc) is 2.54. The molecular weight excluding hydrogens is 316 g/mol. The first-order chi connectivity index (χ1) is 10.5. The van der Waals surface area contributed by atoms with Crippen molar-refractivity contribution in [2.45, 2.75) is 51.1 Å². The van der Waals surface area contributed by atoms with Gasteiger partial charge in [-0.2, -0.15) is 0 Å². The molecule has 0 bridgehead atoms. The molecule has 0 aromatic rings. The first kappa shape index (κ1) is 20.2. The first-order valence-corrected chi connectivity index (χ1v) is 8.51. The van der Waals surface area contributed by atoms with Gasteiger partial charge in [-0.1, -0.05) is 19.3 Å². The zero-order valence-electron chi connectivity index (χ0n) is 14.4. The highest BCUT2D eigenvalue weighted by Gasteiger charge is 2.27. The molecule has 0 aromatic carbocycles. The highest BCUT2D eigenvalue weighted by atomic mass is 35.5. The van der Waals surface area contributed by atoms with Crippen molar-refractivity contribution in [2.24, 2.45) is 5.73 Å². The molecule has 2 N–H and O–H groups in total. The lowest BCUT2D eigenvalue weighted by atomic mass is 9.94. The molecule has 1 atom stereocenters. The zero-order chi connectivity index (χ0) is 16.1. The van der Waals surface area contributed by atoms with Crippen LogP contribution < -0.4 is 5.73 Å². The molecule has 2 aliphatic rings. The molecular formula is C16H31ClN4O2. The predicted molar refractivity (Wildman–Crippen MR) is 93.6 cm³/mol. The molecule has 1 saturated heterocycles. The van der Waals surface area contributed by atoms with Crippen molar-refractivity contribution in [1.29, 1.82) is 0 Å². The highest BCUT2D eigenvalue weighted by molar-refractivity contribution is 5.85. The van der Waals surface area contributed by atoms with E-state index in [1.165, 1.54) is 19.3 Å². The number of nitrogens with zero attached hydrogens (tertiary/aromatic N) is 3. The second kappa shape index (κ2) is 9.45. The Bertz CT molecular complexity index is 392. The number of piperazine rings is 1. The van der Waals surface area contributed by atoms with Gasteiger partial charge < -0.3 is 15.5 Å². The number of likely N-dealkylation sites (N-methyl/N-ethyl adjacent to an activating group) is 1. The summed E-state index contributed by atoms with van der Waals surface area (Å²) in [5.74, 6) is 0.212. The summed E-state index contributed by atoms with van der Waals surface area (Å²) in [6.07, 6.45) is 6.05. The fourth-order valence-electron chi connectivity index (χ4n) is 3.39. The van der Waals surface area contributed by atoms with E-state index in [-0.39, 0.29) is 24.2 Å². The first-order valence-electron chi connectivity index (χ1n) is 8.51. The SMILES string of the molecule is CC(N)C(=O)N1CCN(CC(=O)N(C)C2CCCCC2)CC1.Cl. The van der Waals surface area contributed by atoms with E-state index in [4.69, 9.17) is 5.73 Å². The van der Waals surface area contributed by atoms with Crippen LogP contribution in [0.1, 0.15) is 39.0 Å². The molecule has 1 aliphatic heterocycles. The van der Waals surface area contributed by atoms with Gasteiger partial charge in [0.2, 0.25) is 11.8 Å². The number of amides is 2. The van der Waals surface area contributed by atoms with E-state index in [2.05, 4.69) is 4.90 Å². The average molecular weight is 347 g/mol. The van der Waals surface area contributed by atoms with Crippen LogP contribution >= 0.6 is 12.4 Å². The van der Waals surface area contributed by atoms with Crippen LogP contribution in [0.4, 0.5) is 0 Å². The van der Waals surface area contributed by atoms with E-state index in [1.807, 2.05) is 11.9 Å². The highest BCUT2D eigenvalue weighted by Crippen LogP contribution is 2.21. The minimum Gasteiger partial charge on any atom is -0.342 e. The van der Waals surface area contributed by atoms with Crippen LogP contribution in [-0.4, -0.2) is 78.4 Å². The van der Waals surface area contributed by atoms with Crippen molar-refractivity contribution in [3.63, 3.8) is 0 Å². The fourth-order valence-corrected chi connectivity index (χ4v) is 3.39. The summed E-state index contributed by atoms with van der Waals surface area (Å²) in [7, 11) is 1.94.